The Morgan fingerprint density at radius 3 is 2.57 bits per heavy atom. The zero-order valence-electron chi connectivity index (χ0n) is 12.0. The van der Waals surface area contributed by atoms with Crippen molar-refractivity contribution in [3.8, 4) is 17.1 Å². The molecule has 3 rings (SSSR count). The van der Waals surface area contributed by atoms with Gasteiger partial charge in [0.15, 0.2) is 16.7 Å². The lowest BCUT2D eigenvalue weighted by molar-refractivity contribution is 0.304. The molecule has 1 unspecified atom stereocenters. The standard InChI is InChI=1S/C17H13Cl2N2OP/c18-12-6-7-15(23)13(8-12)17-20-9-14(16(19)21-17)22-10-11-4-2-1-3-5-11/h1-9H,10,23H2. The summed E-state index contributed by atoms with van der Waals surface area (Å²) in [4.78, 5) is 8.65. The number of aromatic nitrogens is 2. The molecule has 0 bridgehead atoms. The molecular weight excluding hydrogens is 350 g/mol. The lowest BCUT2D eigenvalue weighted by Gasteiger charge is -2.09. The highest BCUT2D eigenvalue weighted by atomic mass is 35.5. The molecule has 0 saturated heterocycles. The van der Waals surface area contributed by atoms with Crippen LogP contribution in [0.15, 0.2) is 54.7 Å². The van der Waals surface area contributed by atoms with Crippen LogP contribution in [0.1, 0.15) is 5.56 Å². The molecule has 23 heavy (non-hydrogen) atoms. The summed E-state index contributed by atoms with van der Waals surface area (Å²) < 4.78 is 5.68. The van der Waals surface area contributed by atoms with Crippen molar-refractivity contribution in [1.29, 1.82) is 0 Å². The molecular formula is C17H13Cl2N2OP. The van der Waals surface area contributed by atoms with Crippen molar-refractivity contribution in [2.75, 3.05) is 0 Å². The minimum absolute atomic E-state index is 0.273. The Balaban J connectivity index is 1.82. The first-order chi connectivity index (χ1) is 11.1. The van der Waals surface area contributed by atoms with Gasteiger partial charge in [0, 0.05) is 10.6 Å². The summed E-state index contributed by atoms with van der Waals surface area (Å²) >= 11 is 12.3. The fourth-order valence-corrected chi connectivity index (χ4v) is 2.70. The first-order valence-electron chi connectivity index (χ1n) is 6.88. The first kappa shape index (κ1) is 16.2. The largest absolute Gasteiger partial charge is 0.484 e. The highest BCUT2D eigenvalue weighted by Crippen LogP contribution is 2.26. The second kappa shape index (κ2) is 7.27. The van der Waals surface area contributed by atoms with Gasteiger partial charge >= 0.3 is 0 Å². The molecule has 1 heterocycles. The van der Waals surface area contributed by atoms with E-state index in [-0.39, 0.29) is 5.15 Å². The number of nitrogens with zero attached hydrogens (tertiary/aromatic N) is 2. The molecule has 0 radical (unpaired) electrons. The molecule has 116 valence electrons. The summed E-state index contributed by atoms with van der Waals surface area (Å²) in [6.45, 7) is 0.412. The highest BCUT2D eigenvalue weighted by Gasteiger charge is 2.11. The maximum Gasteiger partial charge on any atom is 0.175 e. The third kappa shape index (κ3) is 4.00. The predicted molar refractivity (Wildman–Crippen MR) is 97.6 cm³/mol. The van der Waals surface area contributed by atoms with E-state index in [1.165, 1.54) is 0 Å². The number of rotatable bonds is 4. The molecule has 0 aliphatic carbocycles. The van der Waals surface area contributed by atoms with Crippen LogP contribution in [0.2, 0.25) is 10.2 Å². The van der Waals surface area contributed by atoms with E-state index in [1.54, 1.807) is 12.3 Å². The van der Waals surface area contributed by atoms with Gasteiger partial charge in [-0.15, -0.1) is 9.24 Å². The number of ether oxygens (including phenoxy) is 1. The third-order valence-electron chi connectivity index (χ3n) is 3.20. The summed E-state index contributed by atoms with van der Waals surface area (Å²) in [5.41, 5.74) is 1.87. The van der Waals surface area contributed by atoms with Crippen LogP contribution in [-0.4, -0.2) is 9.97 Å². The minimum atomic E-state index is 0.273. The quantitative estimate of drug-likeness (QED) is 0.505. The third-order valence-corrected chi connectivity index (χ3v) is 4.21. The molecule has 0 fully saturated rings. The number of benzene rings is 2. The summed E-state index contributed by atoms with van der Waals surface area (Å²) in [6.07, 6.45) is 1.58. The Morgan fingerprint density at radius 2 is 1.83 bits per heavy atom. The second-order valence-corrected chi connectivity index (χ2v) is 6.27. The van der Waals surface area contributed by atoms with Gasteiger partial charge < -0.3 is 4.74 Å². The molecule has 0 aliphatic rings. The van der Waals surface area contributed by atoms with Crippen LogP contribution in [-0.2, 0) is 6.61 Å². The molecule has 0 saturated carbocycles. The van der Waals surface area contributed by atoms with Gasteiger partial charge in [0.05, 0.1) is 6.20 Å². The van der Waals surface area contributed by atoms with Gasteiger partial charge in [-0.05, 0) is 23.0 Å². The molecule has 3 aromatic rings. The Bertz CT molecular complexity index is 828. The smallest absolute Gasteiger partial charge is 0.175 e. The van der Waals surface area contributed by atoms with Gasteiger partial charge in [-0.1, -0.05) is 59.6 Å². The summed E-state index contributed by atoms with van der Waals surface area (Å²) in [6, 6.07) is 15.3. The molecule has 6 heteroatoms. The Morgan fingerprint density at radius 1 is 1.04 bits per heavy atom. The SMILES string of the molecule is Pc1ccc(Cl)cc1-c1ncc(OCc2ccccc2)c(Cl)n1. The Hall–Kier alpha value is -1.67. The van der Waals surface area contributed by atoms with Gasteiger partial charge in [0.1, 0.15) is 6.61 Å². The summed E-state index contributed by atoms with van der Waals surface area (Å²) in [5, 5.41) is 1.84. The lowest BCUT2D eigenvalue weighted by atomic mass is 10.2. The minimum Gasteiger partial charge on any atom is -0.484 e. The van der Waals surface area contributed by atoms with Gasteiger partial charge in [-0.2, -0.15) is 0 Å². The number of halogens is 2. The molecule has 3 nitrogen and oxygen atoms in total. The Kier molecular flexibility index (Phi) is 5.12. The normalized spacial score (nSPS) is 10.6. The van der Waals surface area contributed by atoms with Crippen LogP contribution in [0.25, 0.3) is 11.4 Å². The van der Waals surface area contributed by atoms with Crippen LogP contribution in [0, 0.1) is 0 Å². The zero-order valence-corrected chi connectivity index (χ0v) is 14.7. The van der Waals surface area contributed by atoms with Crippen LogP contribution in [0.3, 0.4) is 0 Å². The van der Waals surface area contributed by atoms with E-state index in [0.29, 0.717) is 23.2 Å². The second-order valence-electron chi connectivity index (χ2n) is 4.85. The van der Waals surface area contributed by atoms with Crippen molar-refractivity contribution in [3.63, 3.8) is 0 Å². The lowest BCUT2D eigenvalue weighted by Crippen LogP contribution is -2.02. The average molecular weight is 363 g/mol. The van der Waals surface area contributed by atoms with Crippen molar-refractivity contribution < 1.29 is 4.74 Å². The van der Waals surface area contributed by atoms with E-state index in [0.717, 1.165) is 16.4 Å². The fraction of sp³-hybridized carbons (Fsp3) is 0.0588. The van der Waals surface area contributed by atoms with Crippen LogP contribution < -0.4 is 10.0 Å². The van der Waals surface area contributed by atoms with Crippen LogP contribution >= 0.6 is 32.4 Å². The first-order valence-corrected chi connectivity index (χ1v) is 8.21. The van der Waals surface area contributed by atoms with Crippen molar-refractivity contribution >= 4 is 37.7 Å². The zero-order chi connectivity index (χ0) is 16.2. The molecule has 2 aromatic carbocycles. The van der Waals surface area contributed by atoms with E-state index in [1.807, 2.05) is 42.5 Å². The molecule has 1 aromatic heterocycles. The molecule has 0 N–H and O–H groups in total. The van der Waals surface area contributed by atoms with Gasteiger partial charge in [0.25, 0.3) is 0 Å². The van der Waals surface area contributed by atoms with E-state index < -0.39 is 0 Å². The maximum absolute atomic E-state index is 6.22. The maximum atomic E-state index is 6.22. The number of hydrogen-bond acceptors (Lipinski definition) is 3. The average Bonchev–Trinajstić information content (AvgIpc) is 2.57. The van der Waals surface area contributed by atoms with E-state index >= 15 is 0 Å². The molecule has 0 amide bonds. The number of hydrogen-bond donors (Lipinski definition) is 0. The topological polar surface area (TPSA) is 35.0 Å². The van der Waals surface area contributed by atoms with Crippen molar-refractivity contribution in [3.05, 3.63) is 70.5 Å². The van der Waals surface area contributed by atoms with Crippen molar-refractivity contribution in [2.24, 2.45) is 0 Å². The highest BCUT2D eigenvalue weighted by molar-refractivity contribution is 7.28. The Labute approximate surface area is 146 Å². The summed E-state index contributed by atoms with van der Waals surface area (Å²) in [5.74, 6) is 0.959. The fourth-order valence-electron chi connectivity index (χ4n) is 2.03. The monoisotopic (exact) mass is 362 g/mol. The van der Waals surface area contributed by atoms with E-state index in [9.17, 15) is 0 Å². The van der Waals surface area contributed by atoms with Crippen LogP contribution in [0.4, 0.5) is 0 Å². The van der Waals surface area contributed by atoms with Crippen molar-refractivity contribution in [1.82, 2.24) is 9.97 Å². The van der Waals surface area contributed by atoms with Gasteiger partial charge in [-0.25, -0.2) is 9.97 Å². The van der Waals surface area contributed by atoms with Gasteiger partial charge in [0.2, 0.25) is 0 Å². The predicted octanol–water partition coefficient (Wildman–Crippen LogP) is 4.53. The van der Waals surface area contributed by atoms with E-state index in [4.69, 9.17) is 27.9 Å². The molecule has 1 atom stereocenters. The van der Waals surface area contributed by atoms with E-state index in [2.05, 4.69) is 19.2 Å². The van der Waals surface area contributed by atoms with Crippen molar-refractivity contribution in [2.45, 2.75) is 6.61 Å². The molecule has 0 spiro atoms. The van der Waals surface area contributed by atoms with Gasteiger partial charge in [-0.3, -0.25) is 0 Å². The molecule has 0 aliphatic heterocycles. The van der Waals surface area contributed by atoms with Crippen LogP contribution in [0.5, 0.6) is 5.75 Å². The summed E-state index contributed by atoms with van der Waals surface area (Å²) in [7, 11) is 2.63.